The number of nitrogens with one attached hydrogen (secondary N) is 2. The largest absolute Gasteiger partial charge is 0.436 e. The minimum atomic E-state index is -0.848. The van der Waals surface area contributed by atoms with Crippen LogP contribution in [0.15, 0.2) is 42.5 Å². The molecule has 0 saturated carbocycles. The minimum Gasteiger partial charge on any atom is -0.321 e. The SMILES string of the molecule is Cc1ccc(C(=O)NOC(=O)Nc2ccc(Cl)c(Cl)c2)cc1. The van der Waals surface area contributed by atoms with Crippen LogP contribution in [0.2, 0.25) is 10.0 Å². The lowest BCUT2D eigenvalue weighted by Crippen LogP contribution is -2.29. The first-order chi connectivity index (χ1) is 10.5. The van der Waals surface area contributed by atoms with Gasteiger partial charge in [0.15, 0.2) is 0 Å². The van der Waals surface area contributed by atoms with Crippen molar-refractivity contribution in [3.63, 3.8) is 0 Å². The third-order valence-electron chi connectivity index (χ3n) is 2.72. The molecule has 0 aliphatic heterocycles. The second kappa shape index (κ2) is 7.15. The number of anilines is 1. The van der Waals surface area contributed by atoms with E-state index < -0.39 is 12.0 Å². The molecule has 0 fully saturated rings. The van der Waals surface area contributed by atoms with Crippen molar-refractivity contribution in [1.82, 2.24) is 5.48 Å². The van der Waals surface area contributed by atoms with Gasteiger partial charge in [0.1, 0.15) is 0 Å². The van der Waals surface area contributed by atoms with Crippen LogP contribution in [0.25, 0.3) is 0 Å². The van der Waals surface area contributed by atoms with E-state index in [0.717, 1.165) is 5.56 Å². The van der Waals surface area contributed by atoms with E-state index in [4.69, 9.17) is 23.2 Å². The summed E-state index contributed by atoms with van der Waals surface area (Å²) < 4.78 is 0. The number of hydrogen-bond donors (Lipinski definition) is 2. The fraction of sp³-hybridized carbons (Fsp3) is 0.0667. The van der Waals surface area contributed by atoms with Crippen LogP contribution in [-0.2, 0) is 4.84 Å². The van der Waals surface area contributed by atoms with Crippen molar-refractivity contribution >= 4 is 40.9 Å². The standard InChI is InChI=1S/C15H12Cl2N2O3/c1-9-2-4-10(5-3-9)14(20)19-22-15(21)18-11-6-7-12(16)13(17)8-11/h2-8H,1H3,(H,18,21)(H,19,20). The summed E-state index contributed by atoms with van der Waals surface area (Å²) in [6, 6.07) is 11.4. The Kier molecular flexibility index (Phi) is 5.25. The van der Waals surface area contributed by atoms with Crippen molar-refractivity contribution in [3.05, 3.63) is 63.6 Å². The van der Waals surface area contributed by atoms with E-state index >= 15 is 0 Å². The van der Waals surface area contributed by atoms with Gasteiger partial charge in [-0.25, -0.2) is 4.79 Å². The number of amides is 2. The summed E-state index contributed by atoms with van der Waals surface area (Å²) in [6.07, 6.45) is -0.848. The fourth-order valence-corrected chi connectivity index (χ4v) is 1.87. The van der Waals surface area contributed by atoms with E-state index in [1.165, 1.54) is 12.1 Å². The van der Waals surface area contributed by atoms with E-state index in [2.05, 4.69) is 15.6 Å². The topological polar surface area (TPSA) is 67.4 Å². The summed E-state index contributed by atoms with van der Waals surface area (Å²) in [5.41, 5.74) is 3.85. The van der Waals surface area contributed by atoms with Gasteiger partial charge in [-0.15, -0.1) is 0 Å². The highest BCUT2D eigenvalue weighted by molar-refractivity contribution is 6.42. The molecule has 0 atom stereocenters. The van der Waals surface area contributed by atoms with Crippen molar-refractivity contribution in [3.8, 4) is 0 Å². The monoisotopic (exact) mass is 338 g/mol. The normalized spacial score (nSPS) is 9.95. The molecule has 2 N–H and O–H groups in total. The third kappa shape index (κ3) is 4.38. The van der Waals surface area contributed by atoms with Gasteiger partial charge in [0, 0.05) is 11.3 Å². The molecule has 5 nitrogen and oxygen atoms in total. The van der Waals surface area contributed by atoms with Gasteiger partial charge in [-0.2, -0.15) is 5.48 Å². The average Bonchev–Trinajstić information content (AvgIpc) is 2.49. The van der Waals surface area contributed by atoms with E-state index in [9.17, 15) is 9.59 Å². The molecule has 0 unspecified atom stereocenters. The van der Waals surface area contributed by atoms with Crippen molar-refractivity contribution in [2.75, 3.05) is 5.32 Å². The molecule has 2 amide bonds. The highest BCUT2D eigenvalue weighted by Crippen LogP contribution is 2.24. The van der Waals surface area contributed by atoms with Crippen LogP contribution in [0, 0.1) is 6.92 Å². The number of carbonyl (C=O) groups excluding carboxylic acids is 2. The average molecular weight is 339 g/mol. The van der Waals surface area contributed by atoms with E-state index in [0.29, 0.717) is 21.3 Å². The minimum absolute atomic E-state index is 0.295. The van der Waals surface area contributed by atoms with Crippen molar-refractivity contribution in [2.45, 2.75) is 6.92 Å². The Morgan fingerprint density at radius 2 is 1.68 bits per heavy atom. The molecule has 22 heavy (non-hydrogen) atoms. The van der Waals surface area contributed by atoms with Crippen LogP contribution in [0.4, 0.5) is 10.5 Å². The molecular weight excluding hydrogens is 327 g/mol. The fourth-order valence-electron chi connectivity index (χ4n) is 1.57. The van der Waals surface area contributed by atoms with Crippen LogP contribution in [-0.4, -0.2) is 12.0 Å². The zero-order valence-corrected chi connectivity index (χ0v) is 13.0. The maximum absolute atomic E-state index is 11.8. The molecule has 7 heteroatoms. The Hall–Kier alpha value is -2.24. The number of carbonyl (C=O) groups is 2. The number of rotatable bonds is 2. The Labute approximate surface area is 137 Å². The maximum atomic E-state index is 11.8. The first kappa shape index (κ1) is 16.1. The van der Waals surface area contributed by atoms with Crippen molar-refractivity contribution in [1.29, 1.82) is 0 Å². The van der Waals surface area contributed by atoms with Gasteiger partial charge >= 0.3 is 6.09 Å². The number of halogens is 2. The molecule has 0 aliphatic carbocycles. The van der Waals surface area contributed by atoms with Crippen molar-refractivity contribution < 1.29 is 14.4 Å². The zero-order valence-electron chi connectivity index (χ0n) is 11.5. The van der Waals surface area contributed by atoms with E-state index in [1.54, 1.807) is 30.3 Å². The van der Waals surface area contributed by atoms with Crippen LogP contribution >= 0.6 is 23.2 Å². The van der Waals surface area contributed by atoms with Gasteiger partial charge in [-0.3, -0.25) is 10.1 Å². The second-order valence-corrected chi connectivity index (χ2v) is 5.26. The van der Waals surface area contributed by atoms with Gasteiger partial charge < -0.3 is 4.84 Å². The summed E-state index contributed by atoms with van der Waals surface area (Å²) in [5.74, 6) is -0.524. The molecule has 2 aromatic carbocycles. The van der Waals surface area contributed by atoms with Crippen LogP contribution in [0.1, 0.15) is 15.9 Å². The lowest BCUT2D eigenvalue weighted by atomic mass is 10.1. The molecule has 0 heterocycles. The van der Waals surface area contributed by atoms with Gasteiger partial charge in [-0.1, -0.05) is 40.9 Å². The molecule has 0 aliphatic rings. The first-order valence-corrected chi connectivity index (χ1v) is 7.01. The molecule has 0 saturated heterocycles. The van der Waals surface area contributed by atoms with Gasteiger partial charge in [0.2, 0.25) is 0 Å². The lowest BCUT2D eigenvalue weighted by Gasteiger charge is -2.08. The summed E-state index contributed by atoms with van der Waals surface area (Å²) in [4.78, 5) is 28.0. The number of benzene rings is 2. The summed E-state index contributed by atoms with van der Waals surface area (Å²) in [5, 5.41) is 3.07. The van der Waals surface area contributed by atoms with Crippen molar-refractivity contribution in [2.24, 2.45) is 0 Å². The maximum Gasteiger partial charge on any atom is 0.436 e. The Balaban J connectivity index is 1.88. The predicted molar refractivity (Wildman–Crippen MR) is 85.2 cm³/mol. The molecule has 0 bridgehead atoms. The van der Waals surface area contributed by atoms with Crippen LogP contribution in [0.3, 0.4) is 0 Å². The number of hydrogen-bond acceptors (Lipinski definition) is 3. The van der Waals surface area contributed by atoms with E-state index in [-0.39, 0.29) is 0 Å². The summed E-state index contributed by atoms with van der Waals surface area (Å²) in [6.45, 7) is 1.91. The lowest BCUT2D eigenvalue weighted by molar-refractivity contribution is 0.0615. The third-order valence-corrected chi connectivity index (χ3v) is 3.46. The molecule has 0 radical (unpaired) electrons. The van der Waals surface area contributed by atoms with Gasteiger partial charge in [0.25, 0.3) is 5.91 Å². The Morgan fingerprint density at radius 3 is 2.32 bits per heavy atom. The van der Waals surface area contributed by atoms with Crippen LogP contribution < -0.4 is 10.8 Å². The first-order valence-electron chi connectivity index (χ1n) is 6.25. The highest BCUT2D eigenvalue weighted by Gasteiger charge is 2.10. The molecule has 0 aromatic heterocycles. The number of hydroxylamine groups is 1. The van der Waals surface area contributed by atoms with Crippen LogP contribution in [0.5, 0.6) is 0 Å². The smallest absolute Gasteiger partial charge is 0.321 e. The summed E-state index contributed by atoms with van der Waals surface area (Å²) in [7, 11) is 0. The zero-order chi connectivity index (χ0) is 16.1. The highest BCUT2D eigenvalue weighted by atomic mass is 35.5. The Morgan fingerprint density at radius 1 is 1.00 bits per heavy atom. The second-order valence-electron chi connectivity index (χ2n) is 4.44. The molecule has 2 rings (SSSR count). The van der Waals surface area contributed by atoms with E-state index in [1.807, 2.05) is 6.92 Å². The predicted octanol–water partition coefficient (Wildman–Crippen LogP) is 4.20. The molecule has 114 valence electrons. The molecular formula is C15H12Cl2N2O3. The van der Waals surface area contributed by atoms with Gasteiger partial charge in [0.05, 0.1) is 10.0 Å². The Bertz CT molecular complexity index is 702. The molecule has 0 spiro atoms. The quantitative estimate of drug-likeness (QED) is 0.806. The van der Waals surface area contributed by atoms with Gasteiger partial charge in [-0.05, 0) is 37.3 Å². The molecule has 2 aromatic rings. The number of aryl methyl sites for hydroxylation is 1. The summed E-state index contributed by atoms with van der Waals surface area (Å²) >= 11 is 11.6.